The molecule has 0 fully saturated rings. The van der Waals surface area contributed by atoms with Crippen molar-refractivity contribution in [2.45, 2.75) is 31.3 Å². The molecule has 3 nitrogen and oxygen atoms in total. The van der Waals surface area contributed by atoms with Crippen LogP contribution < -0.4 is 0 Å². The van der Waals surface area contributed by atoms with Crippen molar-refractivity contribution in [2.24, 2.45) is 0 Å². The van der Waals surface area contributed by atoms with Crippen LogP contribution in [0.5, 0.6) is 0 Å². The number of hydrogen-bond donors (Lipinski definition) is 0. The van der Waals surface area contributed by atoms with Crippen LogP contribution in [-0.2, 0) is 12.3 Å². The summed E-state index contributed by atoms with van der Waals surface area (Å²) < 4.78 is 2.16. The standard InChI is InChI=1S/C16H16ClN3S2/c1-3-20-15(13-8-11(2)21-10-13)18-19-16(20)22-9-12-6-4-5-7-14(12)17/h4-8,10H,3,9H2,1-2H3. The normalized spacial score (nSPS) is 11.0. The summed E-state index contributed by atoms with van der Waals surface area (Å²) in [4.78, 5) is 1.28. The van der Waals surface area contributed by atoms with E-state index in [-0.39, 0.29) is 0 Å². The van der Waals surface area contributed by atoms with Gasteiger partial charge in [0, 0.05) is 33.1 Å². The van der Waals surface area contributed by atoms with Crippen LogP contribution in [0.15, 0.2) is 40.9 Å². The van der Waals surface area contributed by atoms with E-state index in [2.05, 4.69) is 40.1 Å². The van der Waals surface area contributed by atoms with E-state index in [1.807, 2.05) is 24.3 Å². The lowest BCUT2D eigenvalue weighted by molar-refractivity contribution is 0.687. The molecule has 2 aromatic heterocycles. The van der Waals surface area contributed by atoms with Gasteiger partial charge in [-0.15, -0.1) is 21.5 Å². The molecule has 3 rings (SSSR count). The molecule has 0 aliphatic carbocycles. The Balaban J connectivity index is 1.83. The van der Waals surface area contributed by atoms with Gasteiger partial charge in [-0.05, 0) is 31.5 Å². The summed E-state index contributed by atoms with van der Waals surface area (Å²) in [7, 11) is 0. The molecule has 0 bridgehead atoms. The number of aromatic nitrogens is 3. The van der Waals surface area contributed by atoms with Crippen molar-refractivity contribution < 1.29 is 0 Å². The lowest BCUT2D eigenvalue weighted by Crippen LogP contribution is -1.99. The van der Waals surface area contributed by atoms with Gasteiger partial charge < -0.3 is 4.57 Å². The van der Waals surface area contributed by atoms with Crippen LogP contribution in [0.3, 0.4) is 0 Å². The number of aryl methyl sites for hydroxylation is 1. The molecule has 22 heavy (non-hydrogen) atoms. The summed E-state index contributed by atoms with van der Waals surface area (Å²) in [5.74, 6) is 1.73. The average molecular weight is 350 g/mol. The average Bonchev–Trinajstić information content (AvgIpc) is 3.12. The van der Waals surface area contributed by atoms with Gasteiger partial charge in [0.1, 0.15) is 0 Å². The third-order valence-electron chi connectivity index (χ3n) is 3.34. The molecule has 2 heterocycles. The van der Waals surface area contributed by atoms with Crippen LogP contribution in [0.25, 0.3) is 11.4 Å². The Hall–Kier alpha value is -1.30. The molecule has 0 radical (unpaired) electrons. The van der Waals surface area contributed by atoms with Crippen molar-refractivity contribution in [1.29, 1.82) is 0 Å². The number of nitrogens with zero attached hydrogens (tertiary/aromatic N) is 3. The number of thiophene rings is 1. The molecule has 0 unspecified atom stereocenters. The zero-order valence-corrected chi connectivity index (χ0v) is 14.8. The largest absolute Gasteiger partial charge is 0.302 e. The van der Waals surface area contributed by atoms with Gasteiger partial charge in [-0.3, -0.25) is 0 Å². The maximum absolute atomic E-state index is 6.21. The molecule has 0 amide bonds. The predicted octanol–water partition coefficient (Wildman–Crippen LogP) is 5.28. The number of thioether (sulfide) groups is 1. The number of halogens is 1. The molecular weight excluding hydrogens is 334 g/mol. The smallest absolute Gasteiger partial charge is 0.191 e. The molecule has 1 aromatic carbocycles. The van der Waals surface area contributed by atoms with Crippen LogP contribution in [-0.4, -0.2) is 14.8 Å². The SMILES string of the molecule is CCn1c(SCc2ccccc2Cl)nnc1-c1csc(C)c1. The zero-order chi connectivity index (χ0) is 15.5. The van der Waals surface area contributed by atoms with E-state index >= 15 is 0 Å². The highest BCUT2D eigenvalue weighted by molar-refractivity contribution is 7.98. The molecule has 0 saturated carbocycles. The second-order valence-corrected chi connectivity index (χ2v) is 7.34. The van der Waals surface area contributed by atoms with Crippen molar-refractivity contribution in [2.75, 3.05) is 0 Å². The first-order valence-corrected chi connectivity index (χ1v) is 9.28. The topological polar surface area (TPSA) is 30.7 Å². The molecule has 0 N–H and O–H groups in total. The van der Waals surface area contributed by atoms with E-state index in [0.717, 1.165) is 39.4 Å². The van der Waals surface area contributed by atoms with E-state index in [1.54, 1.807) is 23.1 Å². The van der Waals surface area contributed by atoms with Gasteiger partial charge in [0.2, 0.25) is 0 Å². The molecular formula is C16H16ClN3S2. The minimum atomic E-state index is 0.792. The first-order valence-electron chi connectivity index (χ1n) is 7.04. The Labute approximate surface area is 143 Å². The summed E-state index contributed by atoms with van der Waals surface area (Å²) >= 11 is 9.62. The van der Waals surface area contributed by atoms with Gasteiger partial charge in [-0.2, -0.15) is 0 Å². The first-order chi connectivity index (χ1) is 10.7. The van der Waals surface area contributed by atoms with Crippen molar-refractivity contribution in [3.63, 3.8) is 0 Å². The maximum Gasteiger partial charge on any atom is 0.191 e. The van der Waals surface area contributed by atoms with E-state index in [9.17, 15) is 0 Å². The Bertz CT molecular complexity index is 779. The Kier molecular flexibility index (Phi) is 4.86. The van der Waals surface area contributed by atoms with E-state index in [4.69, 9.17) is 11.6 Å². The lowest BCUT2D eigenvalue weighted by Gasteiger charge is -2.07. The molecule has 0 spiro atoms. The third-order valence-corrected chi connectivity index (χ3v) is 5.58. The highest BCUT2D eigenvalue weighted by atomic mass is 35.5. The van der Waals surface area contributed by atoms with Crippen molar-refractivity contribution in [3.05, 3.63) is 51.2 Å². The highest BCUT2D eigenvalue weighted by Gasteiger charge is 2.14. The Morgan fingerprint density at radius 2 is 2.09 bits per heavy atom. The van der Waals surface area contributed by atoms with Crippen LogP contribution in [0.1, 0.15) is 17.4 Å². The predicted molar refractivity (Wildman–Crippen MR) is 94.8 cm³/mol. The molecule has 0 saturated heterocycles. The fraction of sp³-hybridized carbons (Fsp3) is 0.250. The van der Waals surface area contributed by atoms with Crippen LogP contribution in [0.4, 0.5) is 0 Å². The summed E-state index contributed by atoms with van der Waals surface area (Å²) in [6.45, 7) is 5.07. The van der Waals surface area contributed by atoms with Crippen LogP contribution >= 0.6 is 34.7 Å². The van der Waals surface area contributed by atoms with Crippen molar-refractivity contribution >= 4 is 34.7 Å². The van der Waals surface area contributed by atoms with Gasteiger partial charge >= 0.3 is 0 Å². The second-order valence-electron chi connectivity index (χ2n) is 4.88. The van der Waals surface area contributed by atoms with Crippen LogP contribution in [0, 0.1) is 6.92 Å². The quantitative estimate of drug-likeness (QED) is 0.587. The van der Waals surface area contributed by atoms with E-state index in [1.165, 1.54) is 4.88 Å². The Morgan fingerprint density at radius 3 is 2.77 bits per heavy atom. The summed E-state index contributed by atoms with van der Waals surface area (Å²) in [5, 5.41) is 12.6. The van der Waals surface area contributed by atoms with Gasteiger partial charge in [-0.1, -0.05) is 41.6 Å². The molecule has 6 heteroatoms. The first kappa shape index (κ1) is 15.6. The summed E-state index contributed by atoms with van der Waals surface area (Å²) in [5.41, 5.74) is 2.26. The molecule has 114 valence electrons. The minimum Gasteiger partial charge on any atom is -0.302 e. The fourth-order valence-electron chi connectivity index (χ4n) is 2.21. The lowest BCUT2D eigenvalue weighted by atomic mass is 10.2. The van der Waals surface area contributed by atoms with E-state index < -0.39 is 0 Å². The maximum atomic E-state index is 6.21. The molecule has 0 aliphatic heterocycles. The van der Waals surface area contributed by atoms with Gasteiger partial charge in [0.05, 0.1) is 0 Å². The van der Waals surface area contributed by atoms with E-state index in [0.29, 0.717) is 0 Å². The van der Waals surface area contributed by atoms with Crippen molar-refractivity contribution in [1.82, 2.24) is 14.8 Å². The molecule has 0 aliphatic rings. The monoisotopic (exact) mass is 349 g/mol. The summed E-state index contributed by atoms with van der Waals surface area (Å²) in [6, 6.07) is 10.1. The second kappa shape index (κ2) is 6.86. The number of rotatable bonds is 5. The highest BCUT2D eigenvalue weighted by Crippen LogP contribution is 2.30. The Morgan fingerprint density at radius 1 is 1.27 bits per heavy atom. The van der Waals surface area contributed by atoms with Gasteiger partial charge in [0.15, 0.2) is 11.0 Å². The number of benzene rings is 1. The van der Waals surface area contributed by atoms with Gasteiger partial charge in [-0.25, -0.2) is 0 Å². The third kappa shape index (κ3) is 3.21. The van der Waals surface area contributed by atoms with Crippen molar-refractivity contribution in [3.8, 4) is 11.4 Å². The molecule has 3 aromatic rings. The van der Waals surface area contributed by atoms with Gasteiger partial charge in [0.25, 0.3) is 0 Å². The zero-order valence-electron chi connectivity index (χ0n) is 12.4. The number of hydrogen-bond acceptors (Lipinski definition) is 4. The van der Waals surface area contributed by atoms with Crippen LogP contribution in [0.2, 0.25) is 5.02 Å². The molecule has 0 atom stereocenters. The fourth-order valence-corrected chi connectivity index (χ4v) is 4.18. The summed E-state index contributed by atoms with van der Waals surface area (Å²) in [6.07, 6.45) is 0. The minimum absolute atomic E-state index is 0.792.